The van der Waals surface area contributed by atoms with E-state index in [4.69, 9.17) is 4.42 Å². The molecule has 0 saturated heterocycles. The maximum atomic E-state index is 14.0. The highest BCUT2D eigenvalue weighted by atomic mass is 19.1. The summed E-state index contributed by atoms with van der Waals surface area (Å²) in [5.74, 6) is 0.404. The Morgan fingerprint density at radius 1 is 1.28 bits per heavy atom. The highest BCUT2D eigenvalue weighted by Crippen LogP contribution is 2.42. The summed E-state index contributed by atoms with van der Waals surface area (Å²) in [6.07, 6.45) is 3.69. The van der Waals surface area contributed by atoms with Gasteiger partial charge in [0.15, 0.2) is 0 Å². The van der Waals surface area contributed by atoms with Gasteiger partial charge in [-0.15, -0.1) is 0 Å². The molecule has 1 aromatic heterocycles. The lowest BCUT2D eigenvalue weighted by molar-refractivity contribution is 0.0552. The van der Waals surface area contributed by atoms with Gasteiger partial charge in [0.05, 0.1) is 6.26 Å². The molecule has 1 atom stereocenters. The summed E-state index contributed by atoms with van der Waals surface area (Å²) in [7, 11) is 0. The van der Waals surface area contributed by atoms with Crippen LogP contribution in [0.1, 0.15) is 35.3 Å². The van der Waals surface area contributed by atoms with Crippen LogP contribution in [0.25, 0.3) is 0 Å². The largest absolute Gasteiger partial charge is 0.469 e. The Balaban J connectivity index is 2.20. The minimum Gasteiger partial charge on any atom is -0.469 e. The Morgan fingerprint density at radius 2 is 2.11 bits per heavy atom. The standard InChI is InChI=1S/C15H15FO2/c1-10-4-5-13(16)12(9-10)15(17)7-2-3-14-11(15)6-8-18-14/h4-6,8-9,17H,2-3,7H2,1H3. The molecule has 0 aliphatic heterocycles. The molecule has 1 unspecified atom stereocenters. The summed E-state index contributed by atoms with van der Waals surface area (Å²) in [6.45, 7) is 1.89. The highest BCUT2D eigenvalue weighted by Gasteiger charge is 2.39. The molecule has 0 saturated carbocycles. The number of aryl methyl sites for hydroxylation is 2. The van der Waals surface area contributed by atoms with Gasteiger partial charge in [-0.2, -0.15) is 0 Å². The van der Waals surface area contributed by atoms with Crippen molar-refractivity contribution < 1.29 is 13.9 Å². The van der Waals surface area contributed by atoms with Crippen LogP contribution < -0.4 is 0 Å². The summed E-state index contributed by atoms with van der Waals surface area (Å²) >= 11 is 0. The van der Waals surface area contributed by atoms with Crippen LogP contribution in [0.15, 0.2) is 34.9 Å². The number of furan rings is 1. The first kappa shape index (κ1) is 11.5. The Kier molecular flexibility index (Phi) is 2.52. The number of benzene rings is 1. The molecule has 3 rings (SSSR count). The summed E-state index contributed by atoms with van der Waals surface area (Å²) < 4.78 is 19.4. The smallest absolute Gasteiger partial charge is 0.129 e. The number of fused-ring (bicyclic) bond motifs is 1. The van der Waals surface area contributed by atoms with E-state index in [0.717, 1.165) is 24.2 Å². The lowest BCUT2D eigenvalue weighted by Gasteiger charge is -2.32. The molecule has 3 heteroatoms. The first-order valence-corrected chi connectivity index (χ1v) is 6.17. The first-order chi connectivity index (χ1) is 8.61. The van der Waals surface area contributed by atoms with Gasteiger partial charge in [0.25, 0.3) is 0 Å². The molecule has 2 nitrogen and oxygen atoms in total. The van der Waals surface area contributed by atoms with E-state index < -0.39 is 5.60 Å². The van der Waals surface area contributed by atoms with E-state index in [-0.39, 0.29) is 5.82 Å². The Labute approximate surface area is 105 Å². The quantitative estimate of drug-likeness (QED) is 0.837. The van der Waals surface area contributed by atoms with Crippen LogP contribution in [0.3, 0.4) is 0 Å². The van der Waals surface area contributed by atoms with Crippen LogP contribution in [-0.2, 0) is 12.0 Å². The zero-order valence-corrected chi connectivity index (χ0v) is 10.2. The van der Waals surface area contributed by atoms with Crippen LogP contribution in [0.4, 0.5) is 4.39 Å². The van der Waals surface area contributed by atoms with Crippen molar-refractivity contribution in [2.45, 2.75) is 31.8 Å². The van der Waals surface area contributed by atoms with Crippen LogP contribution in [-0.4, -0.2) is 5.11 Å². The van der Waals surface area contributed by atoms with Crippen molar-refractivity contribution in [1.29, 1.82) is 0 Å². The van der Waals surface area contributed by atoms with Crippen molar-refractivity contribution in [1.82, 2.24) is 0 Å². The third-order valence-electron chi connectivity index (χ3n) is 3.70. The predicted octanol–water partition coefficient (Wildman–Crippen LogP) is 3.30. The van der Waals surface area contributed by atoms with Gasteiger partial charge in [0.2, 0.25) is 0 Å². The topological polar surface area (TPSA) is 33.4 Å². The van der Waals surface area contributed by atoms with Gasteiger partial charge in [-0.1, -0.05) is 11.6 Å². The van der Waals surface area contributed by atoms with E-state index in [1.54, 1.807) is 24.5 Å². The molecule has 0 fully saturated rings. The van der Waals surface area contributed by atoms with Gasteiger partial charge in [0.1, 0.15) is 17.2 Å². The molecule has 1 heterocycles. The Morgan fingerprint density at radius 3 is 2.94 bits per heavy atom. The molecule has 18 heavy (non-hydrogen) atoms. The molecule has 0 radical (unpaired) electrons. The lowest BCUT2D eigenvalue weighted by Crippen LogP contribution is -2.32. The normalized spacial score (nSPS) is 22.8. The summed E-state index contributed by atoms with van der Waals surface area (Å²) in [4.78, 5) is 0. The summed E-state index contributed by atoms with van der Waals surface area (Å²) in [6, 6.07) is 6.59. The second-order valence-electron chi connectivity index (χ2n) is 4.95. The van der Waals surface area contributed by atoms with E-state index in [1.807, 2.05) is 6.92 Å². The van der Waals surface area contributed by atoms with Crippen LogP contribution >= 0.6 is 0 Å². The fraction of sp³-hybridized carbons (Fsp3) is 0.333. The molecule has 94 valence electrons. The second kappa shape index (κ2) is 3.95. The molecular weight excluding hydrogens is 231 g/mol. The molecule has 0 bridgehead atoms. The van der Waals surface area contributed by atoms with Gasteiger partial charge in [-0.3, -0.25) is 0 Å². The van der Waals surface area contributed by atoms with E-state index in [1.165, 1.54) is 6.07 Å². The molecule has 2 aromatic rings. The molecule has 1 aromatic carbocycles. The fourth-order valence-electron chi connectivity index (χ4n) is 2.78. The molecule has 1 N–H and O–H groups in total. The van der Waals surface area contributed by atoms with Gasteiger partial charge < -0.3 is 9.52 Å². The fourth-order valence-corrected chi connectivity index (χ4v) is 2.78. The second-order valence-corrected chi connectivity index (χ2v) is 4.95. The van der Waals surface area contributed by atoms with Gasteiger partial charge in [-0.05, 0) is 38.0 Å². The minimum absolute atomic E-state index is 0.352. The molecule has 1 aliphatic rings. The van der Waals surface area contributed by atoms with Crippen molar-refractivity contribution in [3.8, 4) is 0 Å². The third kappa shape index (κ3) is 1.58. The van der Waals surface area contributed by atoms with Gasteiger partial charge >= 0.3 is 0 Å². The average molecular weight is 246 g/mol. The van der Waals surface area contributed by atoms with E-state index >= 15 is 0 Å². The van der Waals surface area contributed by atoms with Crippen molar-refractivity contribution in [2.75, 3.05) is 0 Å². The van der Waals surface area contributed by atoms with E-state index in [9.17, 15) is 9.50 Å². The van der Waals surface area contributed by atoms with Crippen molar-refractivity contribution >= 4 is 0 Å². The summed E-state index contributed by atoms with van der Waals surface area (Å²) in [5.41, 5.74) is 0.745. The van der Waals surface area contributed by atoms with E-state index in [2.05, 4.69) is 0 Å². The molecule has 0 spiro atoms. The highest BCUT2D eigenvalue weighted by molar-refractivity contribution is 5.41. The number of aliphatic hydroxyl groups is 1. The zero-order valence-electron chi connectivity index (χ0n) is 10.2. The Hall–Kier alpha value is -1.61. The van der Waals surface area contributed by atoms with E-state index in [0.29, 0.717) is 17.5 Å². The number of hydrogen-bond donors (Lipinski definition) is 1. The first-order valence-electron chi connectivity index (χ1n) is 6.17. The lowest BCUT2D eigenvalue weighted by atomic mass is 9.77. The van der Waals surface area contributed by atoms with Crippen molar-refractivity contribution in [3.05, 3.63) is 58.8 Å². The Bertz CT molecular complexity index is 588. The number of halogens is 1. The van der Waals surface area contributed by atoms with Crippen LogP contribution in [0.2, 0.25) is 0 Å². The van der Waals surface area contributed by atoms with Gasteiger partial charge in [-0.25, -0.2) is 4.39 Å². The number of rotatable bonds is 1. The molecular formula is C15H15FO2. The van der Waals surface area contributed by atoms with Crippen LogP contribution in [0, 0.1) is 12.7 Å². The van der Waals surface area contributed by atoms with Gasteiger partial charge in [0, 0.05) is 17.5 Å². The molecule has 0 amide bonds. The van der Waals surface area contributed by atoms with Crippen molar-refractivity contribution in [2.24, 2.45) is 0 Å². The monoisotopic (exact) mass is 246 g/mol. The van der Waals surface area contributed by atoms with Crippen molar-refractivity contribution in [3.63, 3.8) is 0 Å². The predicted molar refractivity (Wildman–Crippen MR) is 65.8 cm³/mol. The average Bonchev–Trinajstić information content (AvgIpc) is 2.82. The number of hydrogen-bond acceptors (Lipinski definition) is 2. The molecule has 1 aliphatic carbocycles. The maximum Gasteiger partial charge on any atom is 0.129 e. The van der Waals surface area contributed by atoms with Crippen LogP contribution in [0.5, 0.6) is 0 Å². The SMILES string of the molecule is Cc1ccc(F)c(C2(O)CCCc3occc32)c1. The zero-order chi connectivity index (χ0) is 12.8. The third-order valence-corrected chi connectivity index (χ3v) is 3.70. The maximum absolute atomic E-state index is 14.0. The minimum atomic E-state index is -1.25. The summed E-state index contributed by atoms with van der Waals surface area (Å²) in [5, 5.41) is 10.9.